The normalized spacial score (nSPS) is 29.2. The number of carbonyl (C=O) groups excluding carboxylic acids is 1. The van der Waals surface area contributed by atoms with Gasteiger partial charge in [0.05, 0.1) is 19.3 Å². The number of Topliss-reactive ketones (excluding diaryl/α,β-unsaturated/α-hetero) is 1. The highest BCUT2D eigenvalue weighted by Gasteiger charge is 2.40. The number of hydrogen-bond donors (Lipinski definition) is 1. The van der Waals surface area contributed by atoms with Gasteiger partial charge < -0.3 is 10.1 Å². The summed E-state index contributed by atoms with van der Waals surface area (Å²) in [5, 5.41) is 7.77. The smallest absolute Gasteiger partial charge is 0.201 e. The average molecular weight is 277 g/mol. The number of aryl methyl sites for hydroxylation is 1. The van der Waals surface area contributed by atoms with Crippen molar-refractivity contribution in [1.29, 1.82) is 0 Å². The first-order chi connectivity index (χ1) is 9.74. The van der Waals surface area contributed by atoms with Gasteiger partial charge in [-0.2, -0.15) is 5.10 Å². The van der Waals surface area contributed by atoms with Crippen LogP contribution in [0.25, 0.3) is 0 Å². The lowest BCUT2D eigenvalue weighted by molar-refractivity contribution is 0.0935. The summed E-state index contributed by atoms with van der Waals surface area (Å²) in [7, 11) is 1.59. The maximum Gasteiger partial charge on any atom is 0.201 e. The summed E-state index contributed by atoms with van der Waals surface area (Å²) in [6.45, 7) is 2.68. The molecule has 1 aromatic heterocycles. The van der Waals surface area contributed by atoms with Gasteiger partial charge in [0, 0.05) is 12.6 Å². The molecular formula is C15H23N3O2. The van der Waals surface area contributed by atoms with Crippen LogP contribution >= 0.6 is 0 Å². The fraction of sp³-hybridized carbons (Fsp3) is 0.733. The second-order valence-corrected chi connectivity index (χ2v) is 5.85. The summed E-state index contributed by atoms with van der Waals surface area (Å²) in [4.78, 5) is 12.8. The lowest BCUT2D eigenvalue weighted by Gasteiger charge is -2.24. The first-order valence-corrected chi connectivity index (χ1v) is 7.64. The Morgan fingerprint density at radius 2 is 2.30 bits per heavy atom. The number of nitrogens with one attached hydrogen (secondary N) is 1. The van der Waals surface area contributed by atoms with E-state index in [2.05, 4.69) is 10.4 Å². The Bertz CT molecular complexity index is 462. The van der Waals surface area contributed by atoms with Crippen molar-refractivity contribution in [1.82, 2.24) is 15.1 Å². The van der Waals surface area contributed by atoms with E-state index in [1.807, 2.05) is 6.92 Å². The summed E-state index contributed by atoms with van der Waals surface area (Å²) in [6.07, 6.45) is 7.65. The minimum atomic E-state index is -0.0704. The van der Waals surface area contributed by atoms with Crippen LogP contribution in [-0.4, -0.2) is 34.8 Å². The molecule has 1 N–H and O–H groups in total. The molecule has 2 heterocycles. The van der Waals surface area contributed by atoms with Crippen molar-refractivity contribution in [3.05, 3.63) is 11.9 Å². The van der Waals surface area contributed by atoms with Gasteiger partial charge in [-0.1, -0.05) is 12.8 Å². The lowest BCUT2D eigenvalue weighted by Crippen LogP contribution is -2.38. The number of nitrogens with zero attached hydrogens (tertiary/aromatic N) is 2. The van der Waals surface area contributed by atoms with E-state index in [1.54, 1.807) is 18.0 Å². The van der Waals surface area contributed by atoms with E-state index in [4.69, 9.17) is 4.74 Å². The Hall–Kier alpha value is -1.36. The second-order valence-electron chi connectivity index (χ2n) is 5.85. The van der Waals surface area contributed by atoms with Gasteiger partial charge in [-0.3, -0.25) is 9.48 Å². The van der Waals surface area contributed by atoms with Gasteiger partial charge in [-0.15, -0.1) is 0 Å². The molecular weight excluding hydrogens is 254 g/mol. The Balaban J connectivity index is 1.81. The molecule has 3 rings (SSSR count). The van der Waals surface area contributed by atoms with Crippen LogP contribution < -0.4 is 10.1 Å². The molecule has 1 saturated heterocycles. The van der Waals surface area contributed by atoms with Crippen molar-refractivity contribution in [2.24, 2.45) is 5.92 Å². The predicted octanol–water partition coefficient (Wildman–Crippen LogP) is 2.02. The summed E-state index contributed by atoms with van der Waals surface area (Å²) in [6, 6.07) is 0.459. The van der Waals surface area contributed by atoms with Crippen LogP contribution in [0.4, 0.5) is 0 Å². The predicted molar refractivity (Wildman–Crippen MR) is 76.1 cm³/mol. The maximum absolute atomic E-state index is 12.8. The molecule has 5 heteroatoms. The molecule has 1 aliphatic carbocycles. The van der Waals surface area contributed by atoms with E-state index in [9.17, 15) is 4.79 Å². The molecule has 1 aromatic rings. The number of methoxy groups -OCH3 is 1. The van der Waals surface area contributed by atoms with Gasteiger partial charge in [0.1, 0.15) is 5.69 Å². The lowest BCUT2D eigenvalue weighted by atomic mass is 9.84. The number of carbonyl (C=O) groups is 1. The molecule has 2 aliphatic rings. The minimum absolute atomic E-state index is 0.0704. The van der Waals surface area contributed by atoms with Crippen molar-refractivity contribution in [2.75, 3.05) is 7.11 Å². The molecule has 0 amide bonds. The zero-order chi connectivity index (χ0) is 14.1. The molecule has 3 atom stereocenters. The summed E-state index contributed by atoms with van der Waals surface area (Å²) in [5.74, 6) is 1.39. The van der Waals surface area contributed by atoms with Crippen LogP contribution in [0.3, 0.4) is 0 Å². The van der Waals surface area contributed by atoms with Crippen molar-refractivity contribution >= 4 is 5.78 Å². The Morgan fingerprint density at radius 1 is 1.50 bits per heavy atom. The molecule has 1 aliphatic heterocycles. The zero-order valence-corrected chi connectivity index (χ0v) is 12.3. The summed E-state index contributed by atoms with van der Waals surface area (Å²) >= 11 is 0. The molecule has 5 nitrogen and oxygen atoms in total. The first kappa shape index (κ1) is 13.6. The summed E-state index contributed by atoms with van der Waals surface area (Å²) < 4.78 is 7.04. The van der Waals surface area contributed by atoms with Crippen LogP contribution in [0.15, 0.2) is 6.20 Å². The van der Waals surface area contributed by atoms with E-state index in [0.29, 0.717) is 29.9 Å². The van der Waals surface area contributed by atoms with Crippen LogP contribution in [0.1, 0.15) is 49.5 Å². The Labute approximate surface area is 119 Å². The Morgan fingerprint density at radius 3 is 3.00 bits per heavy atom. The van der Waals surface area contributed by atoms with Gasteiger partial charge in [-0.05, 0) is 32.1 Å². The highest BCUT2D eigenvalue weighted by molar-refractivity contribution is 6.01. The van der Waals surface area contributed by atoms with Crippen LogP contribution in [0, 0.1) is 5.92 Å². The maximum atomic E-state index is 12.8. The van der Waals surface area contributed by atoms with Gasteiger partial charge in [-0.25, -0.2) is 0 Å². The standard InChI is InChI=1S/C15H23N3O2/c1-3-18-14(13(20-2)9-16-18)15(19)12-8-10-6-4-5-7-11(10)17-12/h9-12,17H,3-8H2,1-2H3. The van der Waals surface area contributed by atoms with Crippen molar-refractivity contribution in [3.63, 3.8) is 0 Å². The third kappa shape index (κ3) is 2.24. The van der Waals surface area contributed by atoms with Gasteiger partial charge in [0.15, 0.2) is 5.75 Å². The van der Waals surface area contributed by atoms with Gasteiger partial charge in [0.25, 0.3) is 0 Å². The zero-order valence-electron chi connectivity index (χ0n) is 12.3. The number of ether oxygens (including phenoxy) is 1. The SMILES string of the molecule is CCn1ncc(OC)c1C(=O)C1CC2CCCCC2N1. The first-order valence-electron chi connectivity index (χ1n) is 7.64. The van der Waals surface area contributed by atoms with Crippen molar-refractivity contribution < 1.29 is 9.53 Å². The number of ketones is 1. The second kappa shape index (κ2) is 5.56. The van der Waals surface area contributed by atoms with Crippen LogP contribution in [0.5, 0.6) is 5.75 Å². The molecule has 0 aromatic carbocycles. The van der Waals surface area contributed by atoms with E-state index in [1.165, 1.54) is 25.7 Å². The third-order valence-electron chi connectivity index (χ3n) is 4.74. The minimum Gasteiger partial charge on any atom is -0.493 e. The topological polar surface area (TPSA) is 56.2 Å². The van der Waals surface area contributed by atoms with Crippen LogP contribution in [0.2, 0.25) is 0 Å². The van der Waals surface area contributed by atoms with E-state index < -0.39 is 0 Å². The van der Waals surface area contributed by atoms with Gasteiger partial charge >= 0.3 is 0 Å². The highest BCUT2D eigenvalue weighted by Crippen LogP contribution is 2.35. The van der Waals surface area contributed by atoms with Crippen molar-refractivity contribution in [3.8, 4) is 5.75 Å². The summed E-state index contributed by atoms with van der Waals surface area (Å²) in [5.41, 5.74) is 0.617. The fourth-order valence-corrected chi connectivity index (χ4v) is 3.69. The molecule has 1 saturated carbocycles. The monoisotopic (exact) mass is 277 g/mol. The van der Waals surface area contributed by atoms with E-state index in [-0.39, 0.29) is 11.8 Å². The highest BCUT2D eigenvalue weighted by atomic mass is 16.5. The molecule has 0 radical (unpaired) electrons. The molecule has 0 bridgehead atoms. The number of rotatable bonds is 4. The van der Waals surface area contributed by atoms with Crippen LogP contribution in [-0.2, 0) is 6.54 Å². The van der Waals surface area contributed by atoms with E-state index in [0.717, 1.165) is 6.42 Å². The molecule has 20 heavy (non-hydrogen) atoms. The molecule has 3 unspecified atom stereocenters. The quantitative estimate of drug-likeness (QED) is 0.855. The number of hydrogen-bond acceptors (Lipinski definition) is 4. The van der Waals surface area contributed by atoms with Crippen molar-refractivity contribution in [2.45, 2.75) is 57.7 Å². The van der Waals surface area contributed by atoms with E-state index >= 15 is 0 Å². The number of aromatic nitrogens is 2. The number of fused-ring (bicyclic) bond motifs is 1. The van der Waals surface area contributed by atoms with Gasteiger partial charge in [0.2, 0.25) is 5.78 Å². The third-order valence-corrected chi connectivity index (χ3v) is 4.74. The molecule has 0 spiro atoms. The molecule has 110 valence electrons. The largest absolute Gasteiger partial charge is 0.493 e. The fourth-order valence-electron chi connectivity index (χ4n) is 3.69. The molecule has 2 fully saturated rings. The average Bonchev–Trinajstić information content (AvgIpc) is 3.09. The Kier molecular flexibility index (Phi) is 3.78.